The van der Waals surface area contributed by atoms with E-state index in [1.54, 1.807) is 11.3 Å². The van der Waals surface area contributed by atoms with Gasteiger partial charge in [-0.15, -0.1) is 11.3 Å². The minimum Gasteiger partial charge on any atom is -0.267 e. The smallest absolute Gasteiger partial charge is 0.267 e. The quantitative estimate of drug-likeness (QED) is 0.480. The number of benzene rings is 1. The second-order valence-electron chi connectivity index (χ2n) is 4.43. The highest BCUT2D eigenvalue weighted by Gasteiger charge is 2.25. The van der Waals surface area contributed by atoms with Gasteiger partial charge in [0.15, 0.2) is 0 Å². The molecule has 86 valence electrons. The average molecular weight is 251 g/mol. The van der Waals surface area contributed by atoms with Crippen LogP contribution >= 0.6 is 11.3 Å². The summed E-state index contributed by atoms with van der Waals surface area (Å²) in [7, 11) is 0. The third-order valence-corrected chi connectivity index (χ3v) is 4.41. The van der Waals surface area contributed by atoms with Crippen LogP contribution in [0, 0.1) is 0 Å². The third-order valence-electron chi connectivity index (χ3n) is 3.42. The molecular formula is C15H9NOS. The molecule has 0 N–H and O–H groups in total. The third kappa shape index (κ3) is 1.22. The van der Waals surface area contributed by atoms with E-state index in [0.29, 0.717) is 0 Å². The topological polar surface area (TPSA) is 30.0 Å². The highest BCUT2D eigenvalue weighted by Crippen LogP contribution is 2.40. The molecule has 3 aliphatic rings. The number of nitrogens with zero attached hydrogens (tertiary/aromatic N) is 1. The van der Waals surface area contributed by atoms with E-state index in [1.165, 1.54) is 11.1 Å². The van der Waals surface area contributed by atoms with E-state index >= 15 is 0 Å². The fourth-order valence-corrected chi connectivity index (χ4v) is 3.49. The van der Waals surface area contributed by atoms with Crippen molar-refractivity contribution in [2.24, 2.45) is 0 Å². The van der Waals surface area contributed by atoms with Crippen molar-refractivity contribution in [1.82, 2.24) is 4.98 Å². The van der Waals surface area contributed by atoms with Gasteiger partial charge >= 0.3 is 0 Å². The molecule has 4 rings (SSSR count). The Morgan fingerprint density at radius 3 is 2.83 bits per heavy atom. The molecule has 0 radical (unpaired) electrons. The average Bonchev–Trinajstić information content (AvgIpc) is 2.78. The van der Waals surface area contributed by atoms with Gasteiger partial charge in [-0.05, 0) is 17.0 Å². The van der Waals surface area contributed by atoms with Crippen molar-refractivity contribution in [1.29, 1.82) is 0 Å². The van der Waals surface area contributed by atoms with Gasteiger partial charge in [0.25, 0.3) is 5.56 Å². The maximum atomic E-state index is 12.0. The standard InChI is InChI=1S/C15H9NOS/c17-15-11-6-3-7-18-14(11)12-8-9-4-1-2-5-10(9)13(12)16-15/h1-7H,8H2. The largest absolute Gasteiger partial charge is 0.279 e. The molecule has 0 saturated carbocycles. The van der Waals surface area contributed by atoms with E-state index in [0.717, 1.165) is 28.1 Å². The van der Waals surface area contributed by atoms with Crippen molar-refractivity contribution in [3.63, 3.8) is 0 Å². The summed E-state index contributed by atoms with van der Waals surface area (Å²) in [5.41, 5.74) is 5.10. The highest BCUT2D eigenvalue weighted by molar-refractivity contribution is 7.13. The maximum absolute atomic E-state index is 12.0. The molecule has 0 spiro atoms. The molecule has 0 amide bonds. The lowest BCUT2D eigenvalue weighted by molar-refractivity contribution is 1.20. The molecule has 2 heterocycles. The van der Waals surface area contributed by atoms with Crippen molar-refractivity contribution in [3.8, 4) is 21.7 Å². The van der Waals surface area contributed by atoms with Crippen molar-refractivity contribution in [2.75, 3.05) is 0 Å². The Labute approximate surface area is 108 Å². The zero-order valence-corrected chi connectivity index (χ0v) is 10.3. The maximum Gasteiger partial charge on any atom is 0.279 e. The first-order valence-electron chi connectivity index (χ1n) is 5.83. The van der Waals surface area contributed by atoms with Gasteiger partial charge in [-0.2, -0.15) is 0 Å². The molecule has 2 nitrogen and oxygen atoms in total. The van der Waals surface area contributed by atoms with Crippen LogP contribution in [0.15, 0.2) is 46.6 Å². The second kappa shape index (κ2) is 3.50. The molecular weight excluding hydrogens is 242 g/mol. The lowest BCUT2D eigenvalue weighted by Gasteiger charge is -2.07. The first kappa shape index (κ1) is 9.97. The van der Waals surface area contributed by atoms with Gasteiger partial charge in [-0.25, -0.2) is 4.98 Å². The molecule has 2 aliphatic heterocycles. The van der Waals surface area contributed by atoms with E-state index in [1.807, 2.05) is 35.7 Å². The fourth-order valence-electron chi connectivity index (χ4n) is 2.60. The van der Waals surface area contributed by atoms with Crippen LogP contribution in [0.4, 0.5) is 0 Å². The van der Waals surface area contributed by atoms with Crippen LogP contribution in [0.5, 0.6) is 0 Å². The molecule has 18 heavy (non-hydrogen) atoms. The van der Waals surface area contributed by atoms with Crippen LogP contribution in [0.25, 0.3) is 21.7 Å². The van der Waals surface area contributed by atoms with Crippen LogP contribution in [0.1, 0.15) is 11.1 Å². The summed E-state index contributed by atoms with van der Waals surface area (Å²) >= 11 is 1.63. The molecule has 0 aromatic heterocycles. The van der Waals surface area contributed by atoms with Crippen molar-refractivity contribution in [3.05, 3.63) is 63.3 Å². The van der Waals surface area contributed by atoms with Crippen LogP contribution in [-0.4, -0.2) is 4.98 Å². The summed E-state index contributed by atoms with van der Waals surface area (Å²) < 4.78 is 0. The van der Waals surface area contributed by atoms with Crippen molar-refractivity contribution >= 4 is 11.3 Å². The van der Waals surface area contributed by atoms with Gasteiger partial charge in [0, 0.05) is 22.4 Å². The summed E-state index contributed by atoms with van der Waals surface area (Å²) in [6, 6.07) is 12.0. The van der Waals surface area contributed by atoms with E-state index < -0.39 is 0 Å². The Hall–Kier alpha value is -2.00. The lowest BCUT2D eigenvalue weighted by Crippen LogP contribution is -2.11. The Morgan fingerprint density at radius 2 is 1.89 bits per heavy atom. The van der Waals surface area contributed by atoms with Gasteiger partial charge in [0.05, 0.1) is 11.3 Å². The Balaban J connectivity index is 2.14. The number of rotatable bonds is 0. The number of fused-ring (bicyclic) bond motifs is 5. The first-order valence-corrected chi connectivity index (χ1v) is 6.71. The van der Waals surface area contributed by atoms with Crippen molar-refractivity contribution in [2.45, 2.75) is 6.42 Å². The van der Waals surface area contributed by atoms with E-state index in [4.69, 9.17) is 0 Å². The lowest BCUT2D eigenvalue weighted by atomic mass is 10.1. The number of aromatic nitrogens is 1. The number of hydrogen-bond acceptors (Lipinski definition) is 3. The SMILES string of the molecule is O=c1nc2c(c3scccc1-3)Cc1ccccc1-2. The minimum atomic E-state index is -0.114. The summed E-state index contributed by atoms with van der Waals surface area (Å²) in [4.78, 5) is 17.4. The summed E-state index contributed by atoms with van der Waals surface area (Å²) in [5.74, 6) is 0. The molecule has 1 aliphatic carbocycles. The van der Waals surface area contributed by atoms with Gasteiger partial charge < -0.3 is 0 Å². The number of pyridine rings is 1. The molecule has 0 saturated heterocycles. The van der Waals surface area contributed by atoms with Crippen molar-refractivity contribution < 1.29 is 0 Å². The van der Waals surface area contributed by atoms with Gasteiger partial charge in [0.2, 0.25) is 0 Å². The van der Waals surface area contributed by atoms with E-state index in [2.05, 4.69) is 11.1 Å². The van der Waals surface area contributed by atoms with Gasteiger partial charge in [0.1, 0.15) is 0 Å². The molecule has 1 aromatic rings. The fraction of sp³-hybridized carbons (Fsp3) is 0.0667. The molecule has 3 heteroatoms. The van der Waals surface area contributed by atoms with Crippen LogP contribution in [-0.2, 0) is 6.42 Å². The monoisotopic (exact) mass is 251 g/mol. The molecule has 0 bridgehead atoms. The van der Waals surface area contributed by atoms with Gasteiger partial charge in [-0.3, -0.25) is 4.79 Å². The molecule has 1 aromatic carbocycles. The first-order chi connectivity index (χ1) is 8.84. The summed E-state index contributed by atoms with van der Waals surface area (Å²) in [5, 5.41) is 2.02. The highest BCUT2D eigenvalue weighted by atomic mass is 32.1. The Kier molecular flexibility index (Phi) is 1.94. The summed E-state index contributed by atoms with van der Waals surface area (Å²) in [6.07, 6.45) is 0.885. The second-order valence-corrected chi connectivity index (χ2v) is 5.35. The molecule has 0 unspecified atom stereocenters. The zero-order chi connectivity index (χ0) is 12.1. The van der Waals surface area contributed by atoms with Gasteiger partial charge in [-0.1, -0.05) is 30.3 Å². The van der Waals surface area contributed by atoms with E-state index in [9.17, 15) is 4.79 Å². The predicted molar refractivity (Wildman–Crippen MR) is 73.2 cm³/mol. The summed E-state index contributed by atoms with van der Waals surface area (Å²) in [6.45, 7) is 0. The molecule has 0 atom stereocenters. The van der Waals surface area contributed by atoms with E-state index in [-0.39, 0.29) is 5.56 Å². The predicted octanol–water partition coefficient (Wildman–Crippen LogP) is 3.18. The normalized spacial score (nSPS) is 12.4. The minimum absolute atomic E-state index is 0.114. The zero-order valence-electron chi connectivity index (χ0n) is 9.51. The number of hydrogen-bond donors (Lipinski definition) is 0. The Morgan fingerprint density at radius 1 is 1.06 bits per heavy atom. The van der Waals surface area contributed by atoms with Crippen LogP contribution < -0.4 is 5.56 Å². The Bertz CT molecular complexity index is 791. The van der Waals surface area contributed by atoms with Crippen LogP contribution in [0.3, 0.4) is 0 Å². The molecule has 0 fully saturated rings. The van der Waals surface area contributed by atoms with Crippen LogP contribution in [0.2, 0.25) is 0 Å².